The average molecular weight is 205 g/mol. The van der Waals surface area contributed by atoms with E-state index in [9.17, 15) is 18.0 Å². The first kappa shape index (κ1) is 10.5. The third-order valence-electron chi connectivity index (χ3n) is 1.40. The summed E-state index contributed by atoms with van der Waals surface area (Å²) in [6.45, 7) is -0.102. The van der Waals surface area contributed by atoms with E-state index < -0.39 is 11.9 Å². The molecule has 14 heavy (non-hydrogen) atoms. The van der Waals surface area contributed by atoms with Crippen LogP contribution in [-0.2, 0) is 22.3 Å². The molecule has 0 fully saturated rings. The summed E-state index contributed by atoms with van der Waals surface area (Å²) in [7, 11) is 0. The van der Waals surface area contributed by atoms with Gasteiger partial charge in [0.2, 0.25) is 0 Å². The first-order valence-corrected chi connectivity index (χ1v) is 3.62. The molecule has 0 amide bonds. The molecule has 0 spiro atoms. The van der Waals surface area contributed by atoms with Gasteiger partial charge in [-0.1, -0.05) is 6.07 Å². The van der Waals surface area contributed by atoms with Crippen molar-refractivity contribution in [3.63, 3.8) is 0 Å². The number of nitrogens with zero attached hydrogens (tertiary/aromatic N) is 1. The molecule has 0 aliphatic rings. The molecule has 0 saturated heterocycles. The number of ether oxygens (including phenoxy) is 1. The second-order valence-electron chi connectivity index (χ2n) is 2.42. The SMILES string of the molecule is O=COCc1cccc(C(F)(F)F)n1. The van der Waals surface area contributed by atoms with Crippen molar-refractivity contribution in [3.05, 3.63) is 29.6 Å². The normalized spacial score (nSPS) is 11.1. The zero-order valence-electron chi connectivity index (χ0n) is 6.91. The van der Waals surface area contributed by atoms with E-state index in [1.807, 2.05) is 0 Å². The lowest BCUT2D eigenvalue weighted by molar-refractivity contribution is -0.141. The summed E-state index contributed by atoms with van der Waals surface area (Å²) in [6, 6.07) is 3.41. The van der Waals surface area contributed by atoms with Gasteiger partial charge >= 0.3 is 6.18 Å². The van der Waals surface area contributed by atoms with E-state index in [0.717, 1.165) is 6.07 Å². The van der Waals surface area contributed by atoms with Gasteiger partial charge in [0.15, 0.2) is 0 Å². The highest BCUT2D eigenvalue weighted by Gasteiger charge is 2.32. The van der Waals surface area contributed by atoms with E-state index in [1.165, 1.54) is 12.1 Å². The Morgan fingerprint density at radius 1 is 1.43 bits per heavy atom. The highest BCUT2D eigenvalue weighted by atomic mass is 19.4. The minimum atomic E-state index is -4.48. The maximum Gasteiger partial charge on any atom is 0.433 e. The fourth-order valence-electron chi connectivity index (χ4n) is 0.837. The Hall–Kier alpha value is -1.59. The summed E-state index contributed by atoms with van der Waals surface area (Å²) in [4.78, 5) is 13.1. The Morgan fingerprint density at radius 3 is 2.71 bits per heavy atom. The van der Waals surface area contributed by atoms with Crippen LogP contribution in [0.15, 0.2) is 18.2 Å². The van der Waals surface area contributed by atoms with Crippen LogP contribution in [0, 0.1) is 0 Å². The molecule has 0 atom stereocenters. The minimum absolute atomic E-state index is 0.0620. The number of carbonyl (C=O) groups excluding carboxylic acids is 1. The maximum atomic E-state index is 12.1. The summed E-state index contributed by atoms with van der Waals surface area (Å²) in [5.74, 6) is 0. The molecule has 0 saturated carbocycles. The van der Waals surface area contributed by atoms with E-state index in [0.29, 0.717) is 0 Å². The first-order chi connectivity index (χ1) is 6.54. The topological polar surface area (TPSA) is 39.2 Å². The van der Waals surface area contributed by atoms with Gasteiger partial charge in [0.1, 0.15) is 12.3 Å². The largest absolute Gasteiger partial charge is 0.461 e. The molecule has 1 rings (SSSR count). The fourth-order valence-corrected chi connectivity index (χ4v) is 0.837. The van der Waals surface area contributed by atoms with Crippen LogP contribution in [0.4, 0.5) is 13.2 Å². The van der Waals surface area contributed by atoms with Crippen molar-refractivity contribution in [1.82, 2.24) is 4.98 Å². The molecule has 0 aromatic carbocycles. The van der Waals surface area contributed by atoms with Crippen LogP contribution in [0.5, 0.6) is 0 Å². The molecule has 0 N–H and O–H groups in total. The number of hydrogen-bond donors (Lipinski definition) is 0. The number of rotatable bonds is 3. The van der Waals surface area contributed by atoms with Crippen molar-refractivity contribution in [1.29, 1.82) is 0 Å². The molecule has 0 radical (unpaired) electrons. The van der Waals surface area contributed by atoms with Crippen LogP contribution in [0.3, 0.4) is 0 Å². The lowest BCUT2D eigenvalue weighted by Crippen LogP contribution is -2.09. The van der Waals surface area contributed by atoms with E-state index in [-0.39, 0.29) is 18.8 Å². The summed E-state index contributed by atoms with van der Waals surface area (Å²) < 4.78 is 40.6. The second kappa shape index (κ2) is 4.08. The van der Waals surface area contributed by atoms with E-state index in [1.54, 1.807) is 0 Å². The molecule has 1 aromatic rings. The lowest BCUT2D eigenvalue weighted by atomic mass is 10.3. The van der Waals surface area contributed by atoms with Crippen molar-refractivity contribution in [2.75, 3.05) is 0 Å². The summed E-state index contributed by atoms with van der Waals surface area (Å²) >= 11 is 0. The van der Waals surface area contributed by atoms with Gasteiger partial charge in [-0.3, -0.25) is 4.79 Å². The second-order valence-corrected chi connectivity index (χ2v) is 2.42. The minimum Gasteiger partial charge on any atom is -0.461 e. The maximum absolute atomic E-state index is 12.1. The van der Waals surface area contributed by atoms with Crippen LogP contribution in [0.1, 0.15) is 11.4 Å². The number of aromatic nitrogens is 1. The Balaban J connectivity index is 2.84. The van der Waals surface area contributed by atoms with Gasteiger partial charge in [-0.05, 0) is 12.1 Å². The molecular weight excluding hydrogens is 199 g/mol. The van der Waals surface area contributed by atoms with Crippen molar-refractivity contribution < 1.29 is 22.7 Å². The van der Waals surface area contributed by atoms with Crippen LogP contribution in [-0.4, -0.2) is 11.5 Å². The van der Waals surface area contributed by atoms with Crippen LogP contribution in [0.25, 0.3) is 0 Å². The number of pyridine rings is 1. The van der Waals surface area contributed by atoms with Crippen LogP contribution in [0.2, 0.25) is 0 Å². The smallest absolute Gasteiger partial charge is 0.433 e. The van der Waals surface area contributed by atoms with E-state index in [2.05, 4.69) is 9.72 Å². The Morgan fingerprint density at radius 2 is 2.14 bits per heavy atom. The average Bonchev–Trinajstić information content (AvgIpc) is 2.14. The molecule has 1 aromatic heterocycles. The predicted molar refractivity (Wildman–Crippen MR) is 40.1 cm³/mol. The highest BCUT2D eigenvalue weighted by Crippen LogP contribution is 2.27. The molecular formula is C8H6F3NO2. The lowest BCUT2D eigenvalue weighted by Gasteiger charge is -2.06. The number of carbonyl (C=O) groups is 1. The highest BCUT2D eigenvalue weighted by molar-refractivity contribution is 5.37. The van der Waals surface area contributed by atoms with Crippen molar-refractivity contribution in [2.24, 2.45) is 0 Å². The van der Waals surface area contributed by atoms with Gasteiger partial charge in [-0.2, -0.15) is 13.2 Å². The van der Waals surface area contributed by atoms with Gasteiger partial charge < -0.3 is 4.74 Å². The molecule has 0 unspecified atom stereocenters. The van der Waals surface area contributed by atoms with Crippen molar-refractivity contribution >= 4 is 6.47 Å². The number of halogens is 3. The van der Waals surface area contributed by atoms with Gasteiger partial charge in [0.25, 0.3) is 6.47 Å². The molecule has 0 aliphatic carbocycles. The third-order valence-corrected chi connectivity index (χ3v) is 1.40. The monoisotopic (exact) mass is 205 g/mol. The Labute approximate surface area is 77.5 Å². The van der Waals surface area contributed by atoms with Crippen molar-refractivity contribution in [2.45, 2.75) is 12.8 Å². The first-order valence-electron chi connectivity index (χ1n) is 3.62. The Kier molecular flexibility index (Phi) is 3.06. The van der Waals surface area contributed by atoms with E-state index in [4.69, 9.17) is 0 Å². The standard InChI is InChI=1S/C8H6F3NO2/c9-8(10,11)7-3-1-2-6(12-7)4-14-5-13/h1-3,5H,4H2. The molecule has 3 nitrogen and oxygen atoms in total. The van der Waals surface area contributed by atoms with Crippen LogP contribution >= 0.6 is 0 Å². The number of alkyl halides is 3. The Bertz CT molecular complexity index is 325. The predicted octanol–water partition coefficient (Wildman–Crippen LogP) is 1.77. The third kappa shape index (κ3) is 2.72. The zero-order chi connectivity index (χ0) is 10.6. The molecule has 0 bridgehead atoms. The molecule has 1 heterocycles. The van der Waals surface area contributed by atoms with E-state index >= 15 is 0 Å². The van der Waals surface area contributed by atoms with Gasteiger partial charge in [0.05, 0.1) is 5.69 Å². The summed E-state index contributed by atoms with van der Waals surface area (Å²) in [5, 5.41) is 0. The summed E-state index contributed by atoms with van der Waals surface area (Å²) in [6.07, 6.45) is -4.48. The fraction of sp³-hybridized carbons (Fsp3) is 0.250. The van der Waals surface area contributed by atoms with Gasteiger partial charge in [-0.15, -0.1) is 0 Å². The quantitative estimate of drug-likeness (QED) is 0.706. The molecule has 6 heteroatoms. The zero-order valence-corrected chi connectivity index (χ0v) is 6.91. The van der Waals surface area contributed by atoms with Crippen molar-refractivity contribution in [3.8, 4) is 0 Å². The summed E-state index contributed by atoms with van der Waals surface area (Å²) in [5.41, 5.74) is -0.934. The van der Waals surface area contributed by atoms with Gasteiger partial charge in [-0.25, -0.2) is 4.98 Å². The molecule has 0 aliphatic heterocycles. The van der Waals surface area contributed by atoms with Gasteiger partial charge in [0, 0.05) is 0 Å². The molecule has 76 valence electrons. The number of hydrogen-bond acceptors (Lipinski definition) is 3. The van der Waals surface area contributed by atoms with Crippen LogP contribution < -0.4 is 0 Å².